The normalized spacial score (nSPS) is 19.8. The number of ether oxygens (including phenoxy) is 1. The van der Waals surface area contributed by atoms with Crippen LogP contribution >= 0.6 is 0 Å². The van der Waals surface area contributed by atoms with Gasteiger partial charge in [-0.05, 0) is 25.7 Å². The zero-order chi connectivity index (χ0) is 13.6. The van der Waals surface area contributed by atoms with Crippen molar-refractivity contribution >= 4 is 5.91 Å². The van der Waals surface area contributed by atoms with E-state index in [1.165, 1.54) is 0 Å². The molecule has 0 aromatic heterocycles. The van der Waals surface area contributed by atoms with Crippen LogP contribution in [-0.2, 0) is 9.53 Å². The fourth-order valence-corrected chi connectivity index (χ4v) is 2.74. The summed E-state index contributed by atoms with van der Waals surface area (Å²) >= 11 is 0. The SMILES string of the molecule is COCCCC(C)C(=O)N(C)CC1(O)CCCC1. The Kier molecular flexibility index (Phi) is 6.09. The van der Waals surface area contributed by atoms with E-state index in [1.54, 1.807) is 19.1 Å². The predicted octanol–water partition coefficient (Wildman–Crippen LogP) is 1.81. The zero-order valence-corrected chi connectivity index (χ0v) is 11.9. The van der Waals surface area contributed by atoms with E-state index in [1.807, 2.05) is 6.92 Å². The first-order chi connectivity index (χ1) is 8.48. The van der Waals surface area contributed by atoms with Crippen molar-refractivity contribution < 1.29 is 14.6 Å². The molecule has 1 N–H and O–H groups in total. The van der Waals surface area contributed by atoms with Gasteiger partial charge < -0.3 is 14.7 Å². The van der Waals surface area contributed by atoms with E-state index >= 15 is 0 Å². The lowest BCUT2D eigenvalue weighted by Gasteiger charge is -2.30. The molecular formula is C14H27NO3. The number of hydrogen-bond acceptors (Lipinski definition) is 3. The number of methoxy groups -OCH3 is 1. The quantitative estimate of drug-likeness (QED) is 0.708. The van der Waals surface area contributed by atoms with E-state index in [2.05, 4.69) is 0 Å². The molecule has 1 amide bonds. The van der Waals surface area contributed by atoms with Crippen LogP contribution in [0.15, 0.2) is 0 Å². The van der Waals surface area contributed by atoms with Crippen LogP contribution in [-0.4, -0.2) is 48.8 Å². The number of rotatable bonds is 7. The van der Waals surface area contributed by atoms with Crippen LogP contribution in [0.25, 0.3) is 0 Å². The summed E-state index contributed by atoms with van der Waals surface area (Å²) in [7, 11) is 3.47. The van der Waals surface area contributed by atoms with Crippen LogP contribution in [0.3, 0.4) is 0 Å². The summed E-state index contributed by atoms with van der Waals surface area (Å²) in [6, 6.07) is 0. The summed E-state index contributed by atoms with van der Waals surface area (Å²) < 4.78 is 4.99. The fourth-order valence-electron chi connectivity index (χ4n) is 2.74. The molecule has 1 fully saturated rings. The number of carbonyl (C=O) groups is 1. The van der Waals surface area contributed by atoms with Crippen LogP contribution in [0.5, 0.6) is 0 Å². The number of aliphatic hydroxyl groups is 1. The van der Waals surface area contributed by atoms with Crippen molar-refractivity contribution in [1.82, 2.24) is 4.90 Å². The Morgan fingerprint density at radius 2 is 2.06 bits per heavy atom. The topological polar surface area (TPSA) is 49.8 Å². The number of amides is 1. The van der Waals surface area contributed by atoms with Gasteiger partial charge in [-0.1, -0.05) is 19.8 Å². The Morgan fingerprint density at radius 3 is 2.61 bits per heavy atom. The minimum absolute atomic E-state index is 0.00940. The van der Waals surface area contributed by atoms with Crippen LogP contribution in [0.1, 0.15) is 45.4 Å². The van der Waals surface area contributed by atoms with Crippen molar-refractivity contribution in [3.63, 3.8) is 0 Å². The zero-order valence-electron chi connectivity index (χ0n) is 11.9. The van der Waals surface area contributed by atoms with Crippen LogP contribution in [0.4, 0.5) is 0 Å². The largest absolute Gasteiger partial charge is 0.388 e. The average molecular weight is 257 g/mol. The van der Waals surface area contributed by atoms with Gasteiger partial charge in [-0.15, -0.1) is 0 Å². The van der Waals surface area contributed by atoms with Gasteiger partial charge in [0.2, 0.25) is 5.91 Å². The third-order valence-corrected chi connectivity index (χ3v) is 3.85. The molecule has 0 spiro atoms. The van der Waals surface area contributed by atoms with E-state index in [0.29, 0.717) is 13.2 Å². The number of likely N-dealkylation sites (N-methyl/N-ethyl adjacent to an activating group) is 1. The Hall–Kier alpha value is -0.610. The molecule has 1 atom stereocenters. The molecule has 4 heteroatoms. The van der Waals surface area contributed by atoms with Gasteiger partial charge in [-0.2, -0.15) is 0 Å². The minimum Gasteiger partial charge on any atom is -0.388 e. The molecule has 1 rings (SSSR count). The highest BCUT2D eigenvalue weighted by Gasteiger charge is 2.34. The lowest BCUT2D eigenvalue weighted by Crippen LogP contribution is -2.43. The van der Waals surface area contributed by atoms with Crippen LogP contribution in [0, 0.1) is 5.92 Å². The van der Waals surface area contributed by atoms with Crippen molar-refractivity contribution in [2.45, 2.75) is 51.0 Å². The third-order valence-electron chi connectivity index (χ3n) is 3.85. The van der Waals surface area contributed by atoms with Gasteiger partial charge in [0.25, 0.3) is 0 Å². The van der Waals surface area contributed by atoms with Gasteiger partial charge in [0.1, 0.15) is 0 Å². The minimum atomic E-state index is -0.642. The molecule has 0 aromatic carbocycles. The molecule has 1 aliphatic carbocycles. The molecule has 0 heterocycles. The molecule has 1 aliphatic rings. The van der Waals surface area contributed by atoms with Crippen molar-refractivity contribution in [3.8, 4) is 0 Å². The predicted molar refractivity (Wildman–Crippen MR) is 71.3 cm³/mol. The summed E-state index contributed by atoms with van der Waals surface area (Å²) in [5.41, 5.74) is -0.642. The van der Waals surface area contributed by atoms with Gasteiger partial charge in [-0.3, -0.25) is 4.79 Å². The van der Waals surface area contributed by atoms with E-state index in [-0.39, 0.29) is 11.8 Å². The van der Waals surface area contributed by atoms with Crippen molar-refractivity contribution in [2.75, 3.05) is 27.3 Å². The highest BCUT2D eigenvalue weighted by molar-refractivity contribution is 5.78. The number of carbonyl (C=O) groups excluding carboxylic acids is 1. The maximum absolute atomic E-state index is 12.1. The second kappa shape index (κ2) is 7.10. The standard InChI is InChI=1S/C14H27NO3/c1-12(7-6-10-18-3)13(16)15(2)11-14(17)8-4-5-9-14/h12,17H,4-11H2,1-3H3. The second-order valence-corrected chi connectivity index (χ2v) is 5.66. The van der Waals surface area contributed by atoms with Crippen LogP contribution in [0.2, 0.25) is 0 Å². The average Bonchev–Trinajstić information content (AvgIpc) is 2.74. The van der Waals surface area contributed by atoms with Gasteiger partial charge in [-0.25, -0.2) is 0 Å². The van der Waals surface area contributed by atoms with Gasteiger partial charge in [0.05, 0.1) is 5.60 Å². The molecule has 0 aromatic rings. The third kappa shape index (κ3) is 4.58. The molecule has 0 saturated heterocycles. The molecule has 0 aliphatic heterocycles. The Bertz CT molecular complexity index is 262. The molecule has 0 bridgehead atoms. The molecule has 106 valence electrons. The van der Waals surface area contributed by atoms with Crippen molar-refractivity contribution in [3.05, 3.63) is 0 Å². The molecule has 4 nitrogen and oxygen atoms in total. The summed E-state index contributed by atoms with van der Waals surface area (Å²) in [5.74, 6) is 0.140. The van der Waals surface area contributed by atoms with Gasteiger partial charge in [0.15, 0.2) is 0 Å². The number of hydrogen-bond donors (Lipinski definition) is 1. The van der Waals surface area contributed by atoms with Crippen molar-refractivity contribution in [1.29, 1.82) is 0 Å². The highest BCUT2D eigenvalue weighted by atomic mass is 16.5. The van der Waals surface area contributed by atoms with E-state index in [9.17, 15) is 9.90 Å². The van der Waals surface area contributed by atoms with Gasteiger partial charge >= 0.3 is 0 Å². The Labute approximate surface area is 110 Å². The monoisotopic (exact) mass is 257 g/mol. The second-order valence-electron chi connectivity index (χ2n) is 5.66. The smallest absolute Gasteiger partial charge is 0.225 e. The maximum Gasteiger partial charge on any atom is 0.225 e. The molecule has 0 radical (unpaired) electrons. The summed E-state index contributed by atoms with van der Waals surface area (Å²) in [5, 5.41) is 10.3. The molecule has 1 saturated carbocycles. The van der Waals surface area contributed by atoms with E-state index in [0.717, 1.165) is 38.5 Å². The molecule has 18 heavy (non-hydrogen) atoms. The van der Waals surface area contributed by atoms with Gasteiger partial charge in [0, 0.05) is 33.2 Å². The van der Waals surface area contributed by atoms with E-state index in [4.69, 9.17) is 4.74 Å². The lowest BCUT2D eigenvalue weighted by atomic mass is 10.00. The maximum atomic E-state index is 12.1. The van der Waals surface area contributed by atoms with E-state index < -0.39 is 5.60 Å². The summed E-state index contributed by atoms with van der Waals surface area (Å²) in [4.78, 5) is 13.8. The van der Waals surface area contributed by atoms with Crippen LogP contribution < -0.4 is 0 Å². The summed E-state index contributed by atoms with van der Waals surface area (Å²) in [6.45, 7) is 3.12. The first-order valence-corrected chi connectivity index (χ1v) is 6.95. The Morgan fingerprint density at radius 1 is 1.44 bits per heavy atom. The fraction of sp³-hybridized carbons (Fsp3) is 0.929. The summed E-state index contributed by atoms with van der Waals surface area (Å²) in [6.07, 6.45) is 5.53. The highest BCUT2D eigenvalue weighted by Crippen LogP contribution is 2.30. The van der Waals surface area contributed by atoms with Crippen molar-refractivity contribution in [2.24, 2.45) is 5.92 Å². The lowest BCUT2D eigenvalue weighted by molar-refractivity contribution is -0.137. The number of nitrogens with zero attached hydrogens (tertiary/aromatic N) is 1. The molecular weight excluding hydrogens is 230 g/mol. The molecule has 1 unspecified atom stereocenters. The Balaban J connectivity index is 2.35. The first-order valence-electron chi connectivity index (χ1n) is 6.95. The first kappa shape index (κ1) is 15.4.